The second-order valence-corrected chi connectivity index (χ2v) is 6.84. The maximum Gasteiger partial charge on any atom is 0.245 e. The fourth-order valence-electron chi connectivity index (χ4n) is 2.49. The molecule has 0 radical (unpaired) electrons. The van der Waals surface area contributed by atoms with Crippen LogP contribution in [0.25, 0.3) is 0 Å². The van der Waals surface area contributed by atoms with Gasteiger partial charge in [0, 0.05) is 12.2 Å². The number of hydrogen-bond acceptors (Lipinski definition) is 5. The molecule has 1 aromatic heterocycles. The first-order chi connectivity index (χ1) is 9.95. The highest BCUT2D eigenvalue weighted by molar-refractivity contribution is 7.89. The van der Waals surface area contributed by atoms with Gasteiger partial charge in [0.1, 0.15) is 16.7 Å². The summed E-state index contributed by atoms with van der Waals surface area (Å²) in [5.41, 5.74) is 5.31. The Kier molecular flexibility index (Phi) is 4.55. The molecule has 0 aromatic carbocycles. The molecule has 1 amide bonds. The standard InChI is InChI=1S/C13H16N4O3S/c14-7-10-5-6-12(8-16-10)21(19,20)17(9-13(15)18)11-3-1-2-4-11/h5-6,8,11H,1-4,9H2,(H2,15,18). The quantitative estimate of drug-likeness (QED) is 0.843. The lowest BCUT2D eigenvalue weighted by atomic mass is 10.2. The molecule has 2 rings (SSSR count). The fourth-order valence-corrected chi connectivity index (χ4v) is 4.09. The summed E-state index contributed by atoms with van der Waals surface area (Å²) in [6.07, 6.45) is 4.44. The van der Waals surface area contributed by atoms with Crippen LogP contribution in [-0.4, -0.2) is 36.2 Å². The average Bonchev–Trinajstić information content (AvgIpc) is 2.98. The van der Waals surface area contributed by atoms with Gasteiger partial charge in [-0.15, -0.1) is 0 Å². The summed E-state index contributed by atoms with van der Waals surface area (Å²) in [5, 5.41) is 8.70. The Morgan fingerprint density at radius 1 is 1.43 bits per heavy atom. The lowest BCUT2D eigenvalue weighted by Crippen LogP contribution is -2.44. The van der Waals surface area contributed by atoms with E-state index in [9.17, 15) is 13.2 Å². The summed E-state index contributed by atoms with van der Waals surface area (Å²) < 4.78 is 26.5. The Bertz CT molecular complexity index is 658. The minimum Gasteiger partial charge on any atom is -0.369 e. The van der Waals surface area contributed by atoms with Gasteiger partial charge in [0.15, 0.2) is 0 Å². The molecule has 112 valence electrons. The van der Waals surface area contributed by atoms with Crippen molar-refractivity contribution in [3.05, 3.63) is 24.0 Å². The van der Waals surface area contributed by atoms with Crippen molar-refractivity contribution >= 4 is 15.9 Å². The Balaban J connectivity index is 2.35. The number of rotatable bonds is 5. The third-order valence-electron chi connectivity index (χ3n) is 3.50. The molecular weight excluding hydrogens is 292 g/mol. The van der Waals surface area contributed by atoms with Gasteiger partial charge in [0.25, 0.3) is 0 Å². The minimum atomic E-state index is -3.84. The van der Waals surface area contributed by atoms with Gasteiger partial charge in [-0.05, 0) is 25.0 Å². The first kappa shape index (κ1) is 15.4. The van der Waals surface area contributed by atoms with Crippen LogP contribution in [0.3, 0.4) is 0 Å². The predicted octanol–water partition coefficient (Wildman–Crippen LogP) is 0.372. The van der Waals surface area contributed by atoms with Crippen molar-refractivity contribution in [2.24, 2.45) is 5.73 Å². The third-order valence-corrected chi connectivity index (χ3v) is 5.38. The predicted molar refractivity (Wildman–Crippen MR) is 74.3 cm³/mol. The number of aromatic nitrogens is 1. The summed E-state index contributed by atoms with van der Waals surface area (Å²) >= 11 is 0. The van der Waals surface area contributed by atoms with Crippen molar-refractivity contribution < 1.29 is 13.2 Å². The lowest BCUT2D eigenvalue weighted by Gasteiger charge is -2.26. The zero-order valence-electron chi connectivity index (χ0n) is 11.4. The van der Waals surface area contributed by atoms with Crippen molar-refractivity contribution in [3.8, 4) is 6.07 Å². The first-order valence-electron chi connectivity index (χ1n) is 6.61. The highest BCUT2D eigenvalue weighted by atomic mass is 32.2. The molecular formula is C13H16N4O3S. The number of amides is 1. The van der Waals surface area contributed by atoms with E-state index >= 15 is 0 Å². The lowest BCUT2D eigenvalue weighted by molar-refractivity contribution is -0.118. The topological polar surface area (TPSA) is 117 Å². The van der Waals surface area contributed by atoms with Crippen molar-refractivity contribution in [3.63, 3.8) is 0 Å². The Labute approximate surface area is 123 Å². The van der Waals surface area contributed by atoms with Gasteiger partial charge in [-0.2, -0.15) is 9.57 Å². The van der Waals surface area contributed by atoms with Gasteiger partial charge in [-0.25, -0.2) is 13.4 Å². The van der Waals surface area contributed by atoms with Gasteiger partial charge in [-0.1, -0.05) is 12.8 Å². The number of sulfonamides is 1. The molecule has 0 saturated heterocycles. The van der Waals surface area contributed by atoms with Gasteiger partial charge in [0.05, 0.1) is 6.54 Å². The largest absolute Gasteiger partial charge is 0.369 e. The molecule has 1 aromatic rings. The van der Waals surface area contributed by atoms with Crippen LogP contribution in [-0.2, 0) is 14.8 Å². The van der Waals surface area contributed by atoms with Crippen LogP contribution in [0.15, 0.2) is 23.2 Å². The van der Waals surface area contributed by atoms with E-state index in [1.165, 1.54) is 12.1 Å². The smallest absolute Gasteiger partial charge is 0.245 e. The molecule has 0 aliphatic heterocycles. The third kappa shape index (κ3) is 3.37. The van der Waals surface area contributed by atoms with Gasteiger partial charge < -0.3 is 5.73 Å². The number of carbonyl (C=O) groups excluding carboxylic acids is 1. The number of nitrogens with two attached hydrogens (primary N) is 1. The number of carbonyl (C=O) groups is 1. The number of pyridine rings is 1. The van der Waals surface area contributed by atoms with Crippen LogP contribution < -0.4 is 5.73 Å². The molecule has 0 spiro atoms. The molecule has 1 aliphatic rings. The molecule has 1 heterocycles. The van der Waals surface area contributed by atoms with Crippen molar-refractivity contribution in [1.29, 1.82) is 5.26 Å². The molecule has 2 N–H and O–H groups in total. The van der Waals surface area contributed by atoms with E-state index in [2.05, 4.69) is 4.98 Å². The summed E-state index contributed by atoms with van der Waals surface area (Å²) in [7, 11) is -3.84. The zero-order valence-corrected chi connectivity index (χ0v) is 12.2. The highest BCUT2D eigenvalue weighted by Crippen LogP contribution is 2.28. The van der Waals surface area contributed by atoms with E-state index < -0.39 is 15.9 Å². The van der Waals surface area contributed by atoms with E-state index in [-0.39, 0.29) is 23.2 Å². The van der Waals surface area contributed by atoms with E-state index in [1.54, 1.807) is 0 Å². The Hall–Kier alpha value is -1.98. The van der Waals surface area contributed by atoms with Gasteiger partial charge >= 0.3 is 0 Å². The van der Waals surface area contributed by atoms with Crippen molar-refractivity contribution in [2.75, 3.05) is 6.54 Å². The average molecular weight is 308 g/mol. The molecule has 8 heteroatoms. The SMILES string of the molecule is N#Cc1ccc(S(=O)(=O)N(CC(N)=O)C2CCCC2)cn1. The summed E-state index contributed by atoms with van der Waals surface area (Å²) in [6, 6.07) is 4.28. The Morgan fingerprint density at radius 2 is 2.10 bits per heavy atom. The molecule has 1 fully saturated rings. The van der Waals surface area contributed by atoms with E-state index in [1.807, 2.05) is 6.07 Å². The summed E-state index contributed by atoms with van der Waals surface area (Å²) in [4.78, 5) is 14.9. The first-order valence-corrected chi connectivity index (χ1v) is 8.05. The van der Waals surface area contributed by atoms with Crippen LogP contribution in [0, 0.1) is 11.3 Å². The van der Waals surface area contributed by atoms with E-state index in [0.717, 1.165) is 36.2 Å². The maximum absolute atomic E-state index is 12.6. The zero-order chi connectivity index (χ0) is 15.5. The number of nitriles is 1. The van der Waals surface area contributed by atoms with Crippen LogP contribution in [0.5, 0.6) is 0 Å². The molecule has 0 unspecified atom stereocenters. The van der Waals surface area contributed by atoms with Gasteiger partial charge in [-0.3, -0.25) is 4.79 Å². The number of primary amides is 1. The second kappa shape index (κ2) is 6.20. The summed E-state index contributed by atoms with van der Waals surface area (Å²) in [5.74, 6) is -0.688. The van der Waals surface area contributed by atoms with Crippen LogP contribution in [0.1, 0.15) is 31.4 Å². The van der Waals surface area contributed by atoms with Crippen LogP contribution >= 0.6 is 0 Å². The van der Waals surface area contributed by atoms with Crippen LogP contribution in [0.2, 0.25) is 0 Å². The second-order valence-electron chi connectivity index (χ2n) is 4.95. The van der Waals surface area contributed by atoms with Crippen molar-refractivity contribution in [1.82, 2.24) is 9.29 Å². The molecule has 21 heavy (non-hydrogen) atoms. The van der Waals surface area contributed by atoms with Gasteiger partial charge in [0.2, 0.25) is 15.9 Å². The maximum atomic E-state index is 12.6. The highest BCUT2D eigenvalue weighted by Gasteiger charge is 2.34. The molecule has 0 bridgehead atoms. The summed E-state index contributed by atoms with van der Waals surface area (Å²) in [6.45, 7) is -0.340. The fraction of sp³-hybridized carbons (Fsp3) is 0.462. The molecule has 1 aliphatic carbocycles. The minimum absolute atomic E-state index is 0.0327. The molecule has 0 atom stereocenters. The number of nitrogens with zero attached hydrogens (tertiary/aromatic N) is 3. The monoisotopic (exact) mass is 308 g/mol. The van der Waals surface area contributed by atoms with Crippen LogP contribution in [0.4, 0.5) is 0 Å². The van der Waals surface area contributed by atoms with Crippen molar-refractivity contribution in [2.45, 2.75) is 36.6 Å². The Morgan fingerprint density at radius 3 is 2.57 bits per heavy atom. The normalized spacial score (nSPS) is 16.0. The van der Waals surface area contributed by atoms with E-state index in [0.29, 0.717) is 0 Å². The number of hydrogen-bond donors (Lipinski definition) is 1. The van der Waals surface area contributed by atoms with E-state index in [4.69, 9.17) is 11.0 Å². The molecule has 1 saturated carbocycles. The molecule has 7 nitrogen and oxygen atoms in total.